The lowest BCUT2D eigenvalue weighted by Crippen LogP contribution is -2.13. The van der Waals surface area contributed by atoms with Crippen molar-refractivity contribution in [3.63, 3.8) is 0 Å². The number of benzene rings is 2. The smallest absolute Gasteiger partial charge is 0.129 e. The summed E-state index contributed by atoms with van der Waals surface area (Å²) in [5.74, 6) is 0. The molecule has 106 valence electrons. The number of hydrogen-bond acceptors (Lipinski definition) is 5. The first-order valence-corrected chi connectivity index (χ1v) is 8.15. The molecule has 0 amide bonds. The number of hydrogen-bond donors (Lipinski definition) is 2. The lowest BCUT2D eigenvalue weighted by Gasteiger charge is -2.14. The molecule has 0 atom stereocenters. The van der Waals surface area contributed by atoms with Gasteiger partial charge in [0.1, 0.15) is 16.0 Å². The van der Waals surface area contributed by atoms with E-state index in [1.54, 1.807) is 6.07 Å². The molecule has 0 saturated heterocycles. The zero-order valence-corrected chi connectivity index (χ0v) is 14.4. The minimum atomic E-state index is 0.296. The molecule has 2 aromatic carbocycles. The van der Waals surface area contributed by atoms with E-state index >= 15 is 0 Å². The summed E-state index contributed by atoms with van der Waals surface area (Å²) in [6.45, 7) is 0. The van der Waals surface area contributed by atoms with Crippen LogP contribution in [0.25, 0.3) is 11.0 Å². The molecule has 0 aliphatic carbocycles. The standard InChI is InChI=1S/C13H8BrClN4S2/c14-6-2-1-3-8(10(6)13(16)20)17-11-7(15)4-5-9-12(11)19-21-18-9/h1-5,17H,(H2,16,20). The molecule has 0 spiro atoms. The summed E-state index contributed by atoms with van der Waals surface area (Å²) in [5, 5.41) is 3.83. The van der Waals surface area contributed by atoms with Gasteiger partial charge in [0.2, 0.25) is 0 Å². The third-order valence-electron chi connectivity index (χ3n) is 2.90. The van der Waals surface area contributed by atoms with E-state index in [1.165, 1.54) is 0 Å². The van der Waals surface area contributed by atoms with Crippen LogP contribution in [0.3, 0.4) is 0 Å². The van der Waals surface area contributed by atoms with E-state index in [0.717, 1.165) is 38.5 Å². The quantitative estimate of drug-likeness (QED) is 0.636. The van der Waals surface area contributed by atoms with Crippen molar-refractivity contribution in [1.29, 1.82) is 0 Å². The average Bonchev–Trinajstić information content (AvgIpc) is 2.90. The van der Waals surface area contributed by atoms with Crippen LogP contribution in [0.4, 0.5) is 11.4 Å². The van der Waals surface area contributed by atoms with Crippen molar-refractivity contribution < 1.29 is 0 Å². The van der Waals surface area contributed by atoms with E-state index < -0.39 is 0 Å². The number of halogens is 2. The number of anilines is 2. The van der Waals surface area contributed by atoms with Gasteiger partial charge in [-0.3, -0.25) is 0 Å². The molecule has 0 unspecified atom stereocenters. The van der Waals surface area contributed by atoms with Crippen molar-refractivity contribution in [3.05, 3.63) is 45.4 Å². The van der Waals surface area contributed by atoms with Crippen LogP contribution in [0.5, 0.6) is 0 Å². The molecule has 0 aliphatic rings. The molecule has 0 aliphatic heterocycles. The molecule has 1 heterocycles. The van der Waals surface area contributed by atoms with Crippen LogP contribution in [0.2, 0.25) is 5.02 Å². The van der Waals surface area contributed by atoms with Crippen molar-refractivity contribution in [2.45, 2.75) is 0 Å². The number of aromatic nitrogens is 2. The molecule has 4 nitrogen and oxygen atoms in total. The first kappa shape index (κ1) is 14.6. The Kier molecular flexibility index (Phi) is 4.08. The van der Waals surface area contributed by atoms with Gasteiger partial charge >= 0.3 is 0 Å². The summed E-state index contributed by atoms with van der Waals surface area (Å²) in [6, 6.07) is 9.27. The number of thiocarbonyl (C=S) groups is 1. The second-order valence-corrected chi connectivity index (χ2v) is 6.44. The van der Waals surface area contributed by atoms with Crippen molar-refractivity contribution in [2.75, 3.05) is 5.32 Å². The van der Waals surface area contributed by atoms with Crippen LogP contribution >= 0.6 is 51.5 Å². The molecule has 0 bridgehead atoms. The Bertz CT molecular complexity index is 849. The van der Waals surface area contributed by atoms with Crippen molar-refractivity contribution in [2.24, 2.45) is 5.73 Å². The van der Waals surface area contributed by atoms with Crippen molar-refractivity contribution >= 4 is 78.9 Å². The SMILES string of the molecule is NC(=S)c1c(Br)cccc1Nc1c(Cl)ccc2nsnc12. The predicted octanol–water partition coefficient (Wildman–Crippen LogP) is 4.49. The number of fused-ring (bicyclic) bond motifs is 1. The molecule has 3 aromatic rings. The fraction of sp³-hybridized carbons (Fsp3) is 0. The fourth-order valence-electron chi connectivity index (χ4n) is 1.96. The van der Waals surface area contributed by atoms with Crippen LogP contribution in [-0.4, -0.2) is 13.7 Å². The molecule has 1 aromatic heterocycles. The third-order valence-corrected chi connectivity index (χ3v) is 4.62. The topological polar surface area (TPSA) is 63.8 Å². The number of rotatable bonds is 3. The maximum absolute atomic E-state index is 6.28. The van der Waals surface area contributed by atoms with Crippen LogP contribution in [0, 0.1) is 0 Å². The molecule has 8 heteroatoms. The van der Waals surface area contributed by atoms with E-state index in [9.17, 15) is 0 Å². The molecule has 3 rings (SSSR count). The summed E-state index contributed by atoms with van der Waals surface area (Å²) in [4.78, 5) is 0.296. The zero-order chi connectivity index (χ0) is 15.0. The summed E-state index contributed by atoms with van der Waals surface area (Å²) in [6.07, 6.45) is 0. The minimum Gasteiger partial charge on any atom is -0.389 e. The molecule has 0 radical (unpaired) electrons. The molecule has 21 heavy (non-hydrogen) atoms. The van der Waals surface area contributed by atoms with Crippen LogP contribution in [-0.2, 0) is 0 Å². The van der Waals surface area contributed by atoms with E-state index in [1.807, 2.05) is 24.3 Å². The maximum atomic E-state index is 6.28. The summed E-state index contributed by atoms with van der Waals surface area (Å²) < 4.78 is 9.31. The second kappa shape index (κ2) is 5.84. The highest BCUT2D eigenvalue weighted by molar-refractivity contribution is 9.10. The zero-order valence-electron chi connectivity index (χ0n) is 10.4. The Labute approximate surface area is 143 Å². The Morgan fingerprint density at radius 3 is 2.86 bits per heavy atom. The molecular weight excluding hydrogens is 392 g/mol. The average molecular weight is 400 g/mol. The highest BCUT2D eigenvalue weighted by Crippen LogP contribution is 2.35. The van der Waals surface area contributed by atoms with Gasteiger partial charge in [0, 0.05) is 15.7 Å². The third kappa shape index (κ3) is 2.74. The first-order chi connectivity index (χ1) is 10.1. The van der Waals surface area contributed by atoms with Crippen LogP contribution in [0.1, 0.15) is 5.56 Å². The molecule has 0 saturated carbocycles. The van der Waals surface area contributed by atoms with Gasteiger partial charge in [-0.15, -0.1) is 0 Å². The Morgan fingerprint density at radius 1 is 1.29 bits per heavy atom. The highest BCUT2D eigenvalue weighted by atomic mass is 79.9. The number of nitrogens with one attached hydrogen (secondary N) is 1. The van der Waals surface area contributed by atoms with Crippen LogP contribution < -0.4 is 11.1 Å². The first-order valence-electron chi connectivity index (χ1n) is 5.84. The lowest BCUT2D eigenvalue weighted by molar-refractivity contribution is 1.50. The van der Waals surface area contributed by atoms with Gasteiger partial charge in [-0.2, -0.15) is 8.75 Å². The minimum absolute atomic E-state index is 0.296. The predicted molar refractivity (Wildman–Crippen MR) is 95.7 cm³/mol. The van der Waals surface area contributed by atoms with E-state index in [-0.39, 0.29) is 0 Å². The maximum Gasteiger partial charge on any atom is 0.129 e. The van der Waals surface area contributed by atoms with E-state index in [2.05, 4.69) is 30.0 Å². The van der Waals surface area contributed by atoms with E-state index in [0.29, 0.717) is 15.7 Å². The Hall–Kier alpha value is -1.28. The Morgan fingerprint density at radius 2 is 2.10 bits per heavy atom. The summed E-state index contributed by atoms with van der Waals surface area (Å²) in [7, 11) is 0. The molecule has 0 fully saturated rings. The summed E-state index contributed by atoms with van der Waals surface area (Å²) in [5.41, 5.74) is 9.50. The van der Waals surface area contributed by atoms with Gasteiger partial charge in [-0.05, 0) is 40.2 Å². The van der Waals surface area contributed by atoms with Gasteiger partial charge in [0.15, 0.2) is 0 Å². The van der Waals surface area contributed by atoms with Gasteiger partial charge in [0.05, 0.1) is 22.4 Å². The molecule has 3 N–H and O–H groups in total. The Balaban J connectivity index is 2.15. The van der Waals surface area contributed by atoms with Crippen molar-refractivity contribution in [3.8, 4) is 0 Å². The van der Waals surface area contributed by atoms with Crippen LogP contribution in [0.15, 0.2) is 34.8 Å². The number of nitrogens with zero attached hydrogens (tertiary/aromatic N) is 2. The highest BCUT2D eigenvalue weighted by Gasteiger charge is 2.14. The van der Waals surface area contributed by atoms with Crippen molar-refractivity contribution in [1.82, 2.24) is 8.75 Å². The summed E-state index contributed by atoms with van der Waals surface area (Å²) >= 11 is 16.0. The van der Waals surface area contributed by atoms with E-state index in [4.69, 9.17) is 29.6 Å². The normalized spacial score (nSPS) is 10.8. The monoisotopic (exact) mass is 398 g/mol. The second-order valence-electron chi connectivity index (χ2n) is 4.21. The lowest BCUT2D eigenvalue weighted by atomic mass is 10.1. The fourth-order valence-corrected chi connectivity index (χ4v) is 3.63. The van der Waals surface area contributed by atoms with Gasteiger partial charge in [0.25, 0.3) is 0 Å². The van der Waals surface area contributed by atoms with Gasteiger partial charge in [-0.25, -0.2) is 0 Å². The van der Waals surface area contributed by atoms with Gasteiger partial charge < -0.3 is 11.1 Å². The van der Waals surface area contributed by atoms with Gasteiger partial charge in [-0.1, -0.05) is 29.9 Å². The number of nitrogens with two attached hydrogens (primary N) is 1. The molecular formula is C13H8BrClN4S2. The largest absolute Gasteiger partial charge is 0.389 e.